The largest absolute Gasteiger partial charge is 0.245 e. The van der Waals surface area contributed by atoms with Crippen molar-refractivity contribution in [2.24, 2.45) is 0 Å². The fraction of sp³-hybridized carbons (Fsp3) is 0.200. The Bertz CT molecular complexity index is 867. The first-order valence-electron chi connectivity index (χ1n) is 6.63. The van der Waals surface area contributed by atoms with Crippen molar-refractivity contribution in [2.75, 3.05) is 7.05 Å². The summed E-state index contributed by atoms with van der Waals surface area (Å²) in [6, 6.07) is 4.49. The molecule has 0 amide bonds. The first kappa shape index (κ1) is 19.4. The van der Waals surface area contributed by atoms with Crippen molar-refractivity contribution in [3.63, 3.8) is 0 Å². The van der Waals surface area contributed by atoms with Crippen LogP contribution in [-0.2, 0) is 10.0 Å². The average Bonchev–Trinajstić information content (AvgIpc) is 2.47. The summed E-state index contributed by atoms with van der Waals surface area (Å²) in [7, 11) is -2.72. The van der Waals surface area contributed by atoms with E-state index in [0.29, 0.717) is 0 Å². The van der Waals surface area contributed by atoms with Crippen LogP contribution in [0.2, 0.25) is 0 Å². The lowest BCUT2D eigenvalue weighted by atomic mass is 10.1. The van der Waals surface area contributed by atoms with Crippen molar-refractivity contribution in [1.29, 1.82) is 0 Å². The molecule has 0 fully saturated rings. The molecule has 2 rings (SSSR count). The molecule has 2 aromatic rings. The Morgan fingerprint density at radius 3 is 2.04 bits per heavy atom. The average molecular weight is 487 g/mol. The second-order valence-electron chi connectivity index (χ2n) is 5.07. The van der Waals surface area contributed by atoms with Crippen molar-refractivity contribution in [1.82, 2.24) is 4.31 Å². The van der Waals surface area contributed by atoms with Gasteiger partial charge in [-0.1, -0.05) is 6.07 Å². The van der Waals surface area contributed by atoms with E-state index in [0.717, 1.165) is 28.6 Å². The van der Waals surface area contributed by atoms with Crippen LogP contribution in [0.25, 0.3) is 0 Å². The zero-order valence-electron chi connectivity index (χ0n) is 12.5. The quantitative estimate of drug-likeness (QED) is 0.609. The zero-order chi connectivity index (χ0) is 18.2. The minimum absolute atomic E-state index is 0.0544. The van der Waals surface area contributed by atoms with Crippen LogP contribution in [0, 0.1) is 17.5 Å². The molecular weight excluding hydrogens is 475 g/mol. The predicted octanol–water partition coefficient (Wildman–Crippen LogP) is 5.01. The summed E-state index contributed by atoms with van der Waals surface area (Å²) in [5.74, 6) is -2.68. The zero-order valence-corrected chi connectivity index (χ0v) is 16.5. The van der Waals surface area contributed by atoms with Gasteiger partial charge in [0.25, 0.3) is 0 Å². The normalized spacial score (nSPS) is 13.3. The van der Waals surface area contributed by atoms with Gasteiger partial charge in [0.05, 0.1) is 0 Å². The first-order valence-corrected chi connectivity index (χ1v) is 9.66. The van der Waals surface area contributed by atoms with Crippen LogP contribution >= 0.6 is 31.9 Å². The van der Waals surface area contributed by atoms with Crippen molar-refractivity contribution in [3.8, 4) is 0 Å². The molecule has 0 aliphatic carbocycles. The van der Waals surface area contributed by atoms with Crippen molar-refractivity contribution in [3.05, 3.63) is 62.3 Å². The maximum Gasteiger partial charge on any atom is 0.245 e. The summed E-state index contributed by atoms with van der Waals surface area (Å²) >= 11 is 6.09. The first-order chi connectivity index (χ1) is 11.1. The molecule has 0 aliphatic heterocycles. The van der Waals surface area contributed by atoms with E-state index in [2.05, 4.69) is 31.9 Å². The molecular formula is C15H12Br2F3NO2S. The molecule has 1 unspecified atom stereocenters. The lowest BCUT2D eigenvalue weighted by Crippen LogP contribution is -2.30. The van der Waals surface area contributed by atoms with E-state index in [-0.39, 0.29) is 19.4 Å². The monoisotopic (exact) mass is 485 g/mol. The molecule has 0 radical (unpaired) electrons. The second kappa shape index (κ2) is 7.15. The van der Waals surface area contributed by atoms with Gasteiger partial charge < -0.3 is 0 Å². The van der Waals surface area contributed by atoms with E-state index in [1.54, 1.807) is 0 Å². The van der Waals surface area contributed by atoms with Gasteiger partial charge in [-0.15, -0.1) is 0 Å². The van der Waals surface area contributed by atoms with Crippen molar-refractivity contribution in [2.45, 2.75) is 17.9 Å². The molecule has 0 aromatic heterocycles. The van der Waals surface area contributed by atoms with Crippen LogP contribution in [0.3, 0.4) is 0 Å². The number of benzene rings is 2. The Morgan fingerprint density at radius 2 is 1.54 bits per heavy atom. The number of rotatable bonds is 4. The fourth-order valence-electron chi connectivity index (χ4n) is 2.11. The van der Waals surface area contributed by atoms with Crippen molar-refractivity contribution < 1.29 is 21.6 Å². The summed E-state index contributed by atoms with van der Waals surface area (Å²) in [5.41, 5.74) is 0.286. The summed E-state index contributed by atoms with van der Waals surface area (Å²) in [5, 5.41) is 0. The number of hydrogen-bond donors (Lipinski definition) is 0. The second-order valence-corrected chi connectivity index (χ2v) is 8.71. The predicted molar refractivity (Wildman–Crippen MR) is 91.5 cm³/mol. The Balaban J connectivity index is 2.47. The molecule has 9 heteroatoms. The van der Waals surface area contributed by atoms with E-state index in [4.69, 9.17) is 0 Å². The van der Waals surface area contributed by atoms with Gasteiger partial charge >= 0.3 is 0 Å². The highest BCUT2D eigenvalue weighted by Crippen LogP contribution is 2.35. The molecule has 24 heavy (non-hydrogen) atoms. The maximum absolute atomic E-state index is 13.4. The number of sulfonamides is 1. The van der Waals surface area contributed by atoms with Crippen LogP contribution in [0.1, 0.15) is 18.5 Å². The van der Waals surface area contributed by atoms with Gasteiger partial charge in [0.2, 0.25) is 10.0 Å². The SMILES string of the molecule is CC(c1ccc(F)c(F)c1)N(C)S(=O)(=O)c1c(Br)cc(F)cc1Br. The molecule has 130 valence electrons. The summed E-state index contributed by atoms with van der Waals surface area (Å²) in [6.45, 7) is 1.54. The standard InChI is InChI=1S/C15H12Br2F3NO2S/c1-8(9-3-4-13(19)14(20)5-9)21(2)24(22,23)15-11(16)6-10(18)7-12(15)17/h3-8H,1-2H3. The molecule has 1 atom stereocenters. The van der Waals surface area contributed by atoms with Gasteiger partial charge in [-0.2, -0.15) is 4.31 Å². The van der Waals surface area contributed by atoms with E-state index in [9.17, 15) is 21.6 Å². The van der Waals surface area contributed by atoms with Crippen LogP contribution in [-0.4, -0.2) is 19.8 Å². The minimum atomic E-state index is -4.03. The number of nitrogens with zero attached hydrogens (tertiary/aromatic N) is 1. The number of halogens is 5. The van der Waals surface area contributed by atoms with Crippen LogP contribution in [0.5, 0.6) is 0 Å². The van der Waals surface area contributed by atoms with Gasteiger partial charge in [0, 0.05) is 22.0 Å². The van der Waals surface area contributed by atoms with Crippen molar-refractivity contribution >= 4 is 41.9 Å². The van der Waals surface area contributed by atoms with E-state index >= 15 is 0 Å². The molecule has 0 saturated carbocycles. The van der Waals surface area contributed by atoms with E-state index in [1.165, 1.54) is 20.0 Å². The molecule has 2 aromatic carbocycles. The third kappa shape index (κ3) is 3.68. The lowest BCUT2D eigenvalue weighted by Gasteiger charge is -2.25. The molecule has 0 heterocycles. The smallest absolute Gasteiger partial charge is 0.207 e. The Morgan fingerprint density at radius 1 is 1.00 bits per heavy atom. The highest BCUT2D eigenvalue weighted by Gasteiger charge is 2.31. The van der Waals surface area contributed by atoms with Crippen LogP contribution in [0.4, 0.5) is 13.2 Å². The van der Waals surface area contributed by atoms with E-state index in [1.807, 2.05) is 0 Å². The maximum atomic E-state index is 13.4. The third-order valence-electron chi connectivity index (χ3n) is 3.57. The summed E-state index contributed by atoms with van der Waals surface area (Å²) < 4.78 is 66.6. The minimum Gasteiger partial charge on any atom is -0.207 e. The van der Waals surface area contributed by atoms with Gasteiger partial charge in [-0.3, -0.25) is 0 Å². The van der Waals surface area contributed by atoms with Crippen LogP contribution in [0.15, 0.2) is 44.2 Å². The van der Waals surface area contributed by atoms with E-state index < -0.39 is 33.5 Å². The topological polar surface area (TPSA) is 37.4 Å². The summed E-state index contributed by atoms with van der Waals surface area (Å²) in [6.07, 6.45) is 0. The highest BCUT2D eigenvalue weighted by atomic mass is 79.9. The Kier molecular flexibility index (Phi) is 5.79. The highest BCUT2D eigenvalue weighted by molar-refractivity contribution is 9.11. The molecule has 0 N–H and O–H groups in total. The summed E-state index contributed by atoms with van der Waals surface area (Å²) in [4.78, 5) is -0.152. The molecule has 3 nitrogen and oxygen atoms in total. The Labute approximate surface area is 154 Å². The van der Waals surface area contributed by atoms with Gasteiger partial charge in [-0.05, 0) is 68.6 Å². The van der Waals surface area contributed by atoms with Gasteiger partial charge in [-0.25, -0.2) is 21.6 Å². The lowest BCUT2D eigenvalue weighted by molar-refractivity contribution is 0.395. The molecule has 0 aliphatic rings. The van der Waals surface area contributed by atoms with Crippen LogP contribution < -0.4 is 0 Å². The van der Waals surface area contributed by atoms with Gasteiger partial charge in [0.1, 0.15) is 10.7 Å². The molecule has 0 bridgehead atoms. The molecule has 0 saturated heterocycles. The number of hydrogen-bond acceptors (Lipinski definition) is 2. The molecule has 0 spiro atoms. The van der Waals surface area contributed by atoms with Gasteiger partial charge in [0.15, 0.2) is 11.6 Å². The fourth-order valence-corrected chi connectivity index (χ4v) is 5.90. The Hall–Kier alpha value is -0.900. The third-order valence-corrected chi connectivity index (χ3v) is 7.38.